The first kappa shape index (κ1) is 22.0. The molecule has 2 aromatic rings. The lowest BCUT2D eigenvalue weighted by Crippen LogP contribution is -2.48. The zero-order valence-electron chi connectivity index (χ0n) is 16.9. The molecule has 0 saturated carbocycles. The van der Waals surface area contributed by atoms with Crippen molar-refractivity contribution in [3.8, 4) is 0 Å². The molecule has 2 aromatic carbocycles. The third kappa shape index (κ3) is 6.68. The SMILES string of the molecule is CCCCNC(=O)C(C)N(Cc1ccc(Cl)cc1)C(=O)Cc1cccc(C)c1. The van der Waals surface area contributed by atoms with Gasteiger partial charge in [0.05, 0.1) is 6.42 Å². The first-order valence-electron chi connectivity index (χ1n) is 9.78. The summed E-state index contributed by atoms with van der Waals surface area (Å²) >= 11 is 5.97. The first-order valence-corrected chi connectivity index (χ1v) is 10.2. The van der Waals surface area contributed by atoms with E-state index in [9.17, 15) is 9.59 Å². The summed E-state index contributed by atoms with van der Waals surface area (Å²) in [6.45, 7) is 6.85. The van der Waals surface area contributed by atoms with E-state index in [2.05, 4.69) is 12.2 Å². The van der Waals surface area contributed by atoms with E-state index in [0.717, 1.165) is 29.5 Å². The number of unbranched alkanes of at least 4 members (excludes halogenated alkanes) is 1. The van der Waals surface area contributed by atoms with Crippen LogP contribution in [0.3, 0.4) is 0 Å². The van der Waals surface area contributed by atoms with Crippen LogP contribution in [0.4, 0.5) is 0 Å². The van der Waals surface area contributed by atoms with E-state index < -0.39 is 6.04 Å². The summed E-state index contributed by atoms with van der Waals surface area (Å²) in [5.41, 5.74) is 3.00. The van der Waals surface area contributed by atoms with Crippen molar-refractivity contribution in [2.45, 2.75) is 52.6 Å². The van der Waals surface area contributed by atoms with E-state index >= 15 is 0 Å². The fourth-order valence-corrected chi connectivity index (χ4v) is 3.13. The number of nitrogens with zero attached hydrogens (tertiary/aromatic N) is 1. The number of nitrogens with one attached hydrogen (secondary N) is 1. The second-order valence-corrected chi connectivity index (χ2v) is 7.57. The van der Waals surface area contributed by atoms with E-state index in [4.69, 9.17) is 11.6 Å². The Morgan fingerprint density at radius 1 is 1.11 bits per heavy atom. The summed E-state index contributed by atoms with van der Waals surface area (Å²) in [4.78, 5) is 27.3. The average molecular weight is 401 g/mol. The second-order valence-electron chi connectivity index (χ2n) is 7.13. The number of halogens is 1. The Kier molecular flexibility index (Phi) is 8.52. The fourth-order valence-electron chi connectivity index (χ4n) is 3.00. The molecule has 0 aliphatic heterocycles. The van der Waals surface area contributed by atoms with Gasteiger partial charge in [-0.25, -0.2) is 0 Å². The van der Waals surface area contributed by atoms with Crippen molar-refractivity contribution in [2.24, 2.45) is 0 Å². The highest BCUT2D eigenvalue weighted by molar-refractivity contribution is 6.30. The Hall–Kier alpha value is -2.33. The van der Waals surface area contributed by atoms with Gasteiger partial charge in [0, 0.05) is 18.1 Å². The Labute approximate surface area is 172 Å². The number of carbonyl (C=O) groups excluding carboxylic acids is 2. The Balaban J connectivity index is 2.17. The predicted molar refractivity (Wildman–Crippen MR) is 114 cm³/mol. The van der Waals surface area contributed by atoms with Crippen LogP contribution in [-0.2, 0) is 22.6 Å². The molecular formula is C23H29ClN2O2. The molecule has 150 valence electrons. The van der Waals surface area contributed by atoms with Crippen LogP contribution in [0.25, 0.3) is 0 Å². The monoisotopic (exact) mass is 400 g/mol. The van der Waals surface area contributed by atoms with Gasteiger partial charge >= 0.3 is 0 Å². The lowest BCUT2D eigenvalue weighted by Gasteiger charge is -2.29. The predicted octanol–water partition coefficient (Wildman–Crippen LogP) is 4.52. The fraction of sp³-hybridized carbons (Fsp3) is 0.391. The van der Waals surface area contributed by atoms with E-state index in [1.807, 2.05) is 43.3 Å². The van der Waals surface area contributed by atoms with Gasteiger partial charge < -0.3 is 10.2 Å². The molecule has 2 amide bonds. The number of benzene rings is 2. The van der Waals surface area contributed by atoms with Gasteiger partial charge in [-0.05, 0) is 43.5 Å². The van der Waals surface area contributed by atoms with E-state index in [0.29, 0.717) is 18.1 Å². The van der Waals surface area contributed by atoms with Gasteiger partial charge in [-0.3, -0.25) is 9.59 Å². The van der Waals surface area contributed by atoms with Gasteiger partial charge in [-0.15, -0.1) is 0 Å². The maximum Gasteiger partial charge on any atom is 0.242 e. The number of hydrogen-bond donors (Lipinski definition) is 1. The van der Waals surface area contributed by atoms with Crippen LogP contribution >= 0.6 is 11.6 Å². The summed E-state index contributed by atoms with van der Waals surface area (Å²) in [5, 5.41) is 3.58. The molecule has 0 aliphatic rings. The zero-order valence-corrected chi connectivity index (χ0v) is 17.6. The number of aryl methyl sites for hydroxylation is 1. The molecule has 1 N–H and O–H groups in total. The molecule has 0 bridgehead atoms. The summed E-state index contributed by atoms with van der Waals surface area (Å²) in [6, 6.07) is 14.7. The molecule has 28 heavy (non-hydrogen) atoms. The van der Waals surface area contributed by atoms with Crippen LogP contribution in [0.15, 0.2) is 48.5 Å². The summed E-state index contributed by atoms with van der Waals surface area (Å²) < 4.78 is 0. The molecule has 0 aromatic heterocycles. The number of rotatable bonds is 9. The average Bonchev–Trinajstić information content (AvgIpc) is 2.67. The summed E-state index contributed by atoms with van der Waals surface area (Å²) in [6.07, 6.45) is 2.20. The number of amides is 2. The van der Waals surface area contributed by atoms with Gasteiger partial charge in [0.1, 0.15) is 6.04 Å². The maximum absolute atomic E-state index is 13.1. The quantitative estimate of drug-likeness (QED) is 0.629. The highest BCUT2D eigenvalue weighted by Gasteiger charge is 2.26. The minimum atomic E-state index is -0.551. The standard InChI is InChI=1S/C23H29ClN2O2/c1-4-5-13-25-23(28)18(3)26(16-19-9-11-21(24)12-10-19)22(27)15-20-8-6-7-17(2)14-20/h6-12,14,18H,4-5,13,15-16H2,1-3H3,(H,25,28). The Bertz CT molecular complexity index is 789. The van der Waals surface area contributed by atoms with Crippen molar-refractivity contribution >= 4 is 23.4 Å². The number of carbonyl (C=O) groups is 2. The molecule has 4 nitrogen and oxygen atoms in total. The molecule has 5 heteroatoms. The Morgan fingerprint density at radius 3 is 2.46 bits per heavy atom. The maximum atomic E-state index is 13.1. The van der Waals surface area contributed by atoms with Gasteiger partial charge in [0.15, 0.2) is 0 Å². The van der Waals surface area contributed by atoms with Crippen molar-refractivity contribution in [1.29, 1.82) is 0 Å². The third-order valence-corrected chi connectivity index (χ3v) is 4.95. The zero-order chi connectivity index (χ0) is 20.5. The van der Waals surface area contributed by atoms with Crippen LogP contribution in [0.1, 0.15) is 43.4 Å². The van der Waals surface area contributed by atoms with Gasteiger partial charge in [-0.2, -0.15) is 0 Å². The largest absolute Gasteiger partial charge is 0.354 e. The molecule has 0 aliphatic carbocycles. The van der Waals surface area contributed by atoms with Crippen molar-refractivity contribution < 1.29 is 9.59 Å². The molecule has 0 fully saturated rings. The highest BCUT2D eigenvalue weighted by Crippen LogP contribution is 2.15. The Morgan fingerprint density at radius 2 is 1.82 bits per heavy atom. The molecule has 0 saturated heterocycles. The van der Waals surface area contributed by atoms with Crippen molar-refractivity contribution in [2.75, 3.05) is 6.54 Å². The summed E-state index contributed by atoms with van der Waals surface area (Å²) in [7, 11) is 0. The van der Waals surface area contributed by atoms with Crippen LogP contribution in [0.2, 0.25) is 5.02 Å². The van der Waals surface area contributed by atoms with Crippen molar-refractivity contribution in [1.82, 2.24) is 10.2 Å². The van der Waals surface area contributed by atoms with Gasteiger partial charge in [0.2, 0.25) is 11.8 Å². The van der Waals surface area contributed by atoms with Crippen molar-refractivity contribution in [3.63, 3.8) is 0 Å². The lowest BCUT2D eigenvalue weighted by molar-refractivity contribution is -0.140. The van der Waals surface area contributed by atoms with Crippen LogP contribution in [-0.4, -0.2) is 29.3 Å². The number of hydrogen-bond acceptors (Lipinski definition) is 2. The molecule has 0 radical (unpaired) electrons. The van der Waals surface area contributed by atoms with E-state index in [-0.39, 0.29) is 18.2 Å². The first-order chi connectivity index (χ1) is 13.4. The van der Waals surface area contributed by atoms with Gasteiger partial charge in [0.25, 0.3) is 0 Å². The van der Waals surface area contributed by atoms with Crippen molar-refractivity contribution in [3.05, 3.63) is 70.2 Å². The van der Waals surface area contributed by atoms with Crippen LogP contribution in [0.5, 0.6) is 0 Å². The molecule has 0 spiro atoms. The highest BCUT2D eigenvalue weighted by atomic mass is 35.5. The molecular weight excluding hydrogens is 372 g/mol. The van der Waals surface area contributed by atoms with Crippen LogP contribution in [0, 0.1) is 6.92 Å². The van der Waals surface area contributed by atoms with Gasteiger partial charge in [-0.1, -0.05) is 66.9 Å². The normalized spacial score (nSPS) is 11.7. The minimum absolute atomic E-state index is 0.0707. The lowest BCUT2D eigenvalue weighted by atomic mass is 10.1. The second kappa shape index (κ2) is 10.9. The van der Waals surface area contributed by atoms with Crippen LogP contribution < -0.4 is 5.32 Å². The topological polar surface area (TPSA) is 49.4 Å². The molecule has 1 unspecified atom stereocenters. The van der Waals surface area contributed by atoms with E-state index in [1.165, 1.54) is 0 Å². The third-order valence-electron chi connectivity index (χ3n) is 4.70. The summed E-state index contributed by atoms with van der Waals surface area (Å²) in [5.74, 6) is -0.196. The minimum Gasteiger partial charge on any atom is -0.354 e. The molecule has 2 rings (SSSR count). The van der Waals surface area contributed by atoms with E-state index in [1.54, 1.807) is 24.0 Å². The molecule has 1 atom stereocenters. The molecule has 0 heterocycles. The smallest absolute Gasteiger partial charge is 0.242 e.